The molecule has 0 aliphatic carbocycles. The van der Waals surface area contributed by atoms with Crippen LogP contribution < -0.4 is 5.32 Å². The first-order chi connectivity index (χ1) is 27.2. The lowest BCUT2D eigenvalue weighted by molar-refractivity contribution is -0.140. The van der Waals surface area contributed by atoms with Gasteiger partial charge in [-0.3, -0.25) is 19.5 Å². The zero-order valence-corrected chi connectivity index (χ0v) is 31.7. The summed E-state index contributed by atoms with van der Waals surface area (Å²) in [5.74, 6) is 1.57. The molecule has 1 unspecified atom stereocenters. The van der Waals surface area contributed by atoms with Crippen LogP contribution in [0.15, 0.2) is 85.2 Å². The van der Waals surface area contributed by atoms with Gasteiger partial charge in [0.1, 0.15) is 23.7 Å². The number of methoxy groups -OCH3 is 1. The van der Waals surface area contributed by atoms with Crippen molar-refractivity contribution in [2.45, 2.75) is 68.7 Å². The Morgan fingerprint density at radius 1 is 0.821 bits per heavy atom. The van der Waals surface area contributed by atoms with Gasteiger partial charge in [-0.2, -0.15) is 0 Å². The monoisotopic (exact) mass is 751 g/mol. The highest BCUT2D eigenvalue weighted by Gasteiger charge is 2.45. The van der Waals surface area contributed by atoms with E-state index in [1.807, 2.05) is 53.1 Å². The zero-order chi connectivity index (χ0) is 38.5. The number of rotatable bonds is 8. The number of nitrogens with one attached hydrogen (secondary N) is 3. The second-order valence-corrected chi connectivity index (χ2v) is 15.4. The van der Waals surface area contributed by atoms with E-state index >= 15 is 0 Å². The average molecular weight is 752 g/mol. The number of likely N-dealkylation sites (tertiary alicyclic amines) is 1. The Hall–Kier alpha value is -6.08. The van der Waals surface area contributed by atoms with Gasteiger partial charge in [0, 0.05) is 25.0 Å². The first kappa shape index (κ1) is 35.6. The number of carbonyl (C=O) groups excluding carboxylic acids is 3. The molecule has 5 atom stereocenters. The molecule has 6 aromatic rings. The molecule has 56 heavy (non-hydrogen) atoms. The van der Waals surface area contributed by atoms with Crippen molar-refractivity contribution in [2.75, 3.05) is 27.7 Å². The van der Waals surface area contributed by atoms with Crippen molar-refractivity contribution >= 4 is 40.0 Å². The number of imidazole rings is 2. The number of hydrogen-bond donors (Lipinski definition) is 3. The zero-order valence-electron chi connectivity index (χ0n) is 31.7. The van der Waals surface area contributed by atoms with Crippen molar-refractivity contribution in [3.8, 4) is 22.3 Å². The molecule has 6 heterocycles. The summed E-state index contributed by atoms with van der Waals surface area (Å²) in [5, 5.41) is 2.70. The van der Waals surface area contributed by atoms with E-state index in [4.69, 9.17) is 14.7 Å². The van der Waals surface area contributed by atoms with Crippen LogP contribution in [0.5, 0.6) is 0 Å². The van der Waals surface area contributed by atoms with Crippen LogP contribution in [0, 0.1) is 0 Å². The van der Waals surface area contributed by atoms with Crippen molar-refractivity contribution in [2.24, 2.45) is 0 Å². The number of benzene rings is 3. The predicted octanol–water partition coefficient (Wildman–Crippen LogP) is 6.69. The van der Waals surface area contributed by atoms with Crippen molar-refractivity contribution < 1.29 is 19.1 Å². The molecule has 0 radical (unpaired) electrons. The molecule has 3 aliphatic heterocycles. The largest absolute Gasteiger partial charge is 0.453 e. The average Bonchev–Trinajstić information content (AvgIpc) is 4.04. The van der Waals surface area contributed by atoms with Crippen molar-refractivity contribution in [3.05, 3.63) is 102 Å². The molecule has 0 spiro atoms. The first-order valence-electron chi connectivity index (χ1n) is 19.4. The van der Waals surface area contributed by atoms with Crippen LogP contribution in [-0.4, -0.2) is 97.4 Å². The summed E-state index contributed by atoms with van der Waals surface area (Å²) in [7, 11) is 5.16. The molecule has 286 valence electrons. The maximum absolute atomic E-state index is 14.0. The van der Waals surface area contributed by atoms with Gasteiger partial charge in [-0.25, -0.2) is 14.8 Å². The number of carbonyl (C=O) groups is 3. The molecule has 0 saturated carbocycles. The number of aromatic nitrogens is 5. The van der Waals surface area contributed by atoms with Gasteiger partial charge in [-0.15, -0.1) is 0 Å². The molecule has 3 saturated heterocycles. The fraction of sp³-hybridized carbons (Fsp3) is 0.349. The molecule has 3 N–H and O–H groups in total. The Bertz CT molecular complexity index is 2420. The third-order valence-electron chi connectivity index (χ3n) is 11.8. The molecule has 3 aromatic heterocycles. The van der Waals surface area contributed by atoms with E-state index in [1.54, 1.807) is 12.4 Å². The number of piperidine rings is 1. The number of aromatic amines is 2. The van der Waals surface area contributed by atoms with Crippen LogP contribution in [0.2, 0.25) is 0 Å². The number of alkyl carbamates (subject to hydrolysis) is 1. The maximum atomic E-state index is 14.0. The van der Waals surface area contributed by atoms with E-state index in [0.29, 0.717) is 13.0 Å². The summed E-state index contributed by atoms with van der Waals surface area (Å²) in [6, 6.07) is 23.7. The van der Waals surface area contributed by atoms with Gasteiger partial charge in [0.15, 0.2) is 0 Å². The van der Waals surface area contributed by atoms with Crippen molar-refractivity contribution in [1.29, 1.82) is 0 Å². The van der Waals surface area contributed by atoms with Gasteiger partial charge < -0.3 is 29.8 Å². The van der Waals surface area contributed by atoms with Gasteiger partial charge >= 0.3 is 6.09 Å². The molecule has 13 nitrogen and oxygen atoms in total. The highest BCUT2D eigenvalue weighted by molar-refractivity contribution is 5.88. The van der Waals surface area contributed by atoms with Crippen LogP contribution in [-0.2, 0) is 14.3 Å². The van der Waals surface area contributed by atoms with E-state index in [0.717, 1.165) is 93.6 Å². The van der Waals surface area contributed by atoms with Gasteiger partial charge in [-0.1, -0.05) is 42.5 Å². The minimum Gasteiger partial charge on any atom is -0.453 e. The van der Waals surface area contributed by atoms with Crippen LogP contribution in [0.4, 0.5) is 4.79 Å². The van der Waals surface area contributed by atoms with E-state index in [1.165, 1.54) is 7.11 Å². The molecule has 13 heteroatoms. The number of nitrogens with zero attached hydrogens (tertiary/aromatic N) is 6. The Balaban J connectivity index is 0.913. The topological polar surface area (TPSA) is 152 Å². The number of fused-ring (bicyclic) bond motifs is 3. The van der Waals surface area contributed by atoms with Crippen molar-refractivity contribution in [1.82, 2.24) is 44.9 Å². The first-order valence-corrected chi connectivity index (χ1v) is 19.4. The van der Waals surface area contributed by atoms with Crippen LogP contribution in [0.25, 0.3) is 44.3 Å². The molecular weight excluding hydrogens is 707 g/mol. The second-order valence-electron chi connectivity index (χ2n) is 15.4. The number of amides is 3. The van der Waals surface area contributed by atoms with Crippen LogP contribution in [0.1, 0.15) is 73.9 Å². The number of likely N-dealkylation sites (N-methyl/N-ethyl adjacent to an activating group) is 1. The minimum atomic E-state index is -0.590. The lowest BCUT2D eigenvalue weighted by atomic mass is 9.98. The number of pyridine rings is 1. The minimum absolute atomic E-state index is 0.0595. The fourth-order valence-corrected chi connectivity index (χ4v) is 9.03. The molecule has 9 rings (SSSR count). The van der Waals surface area contributed by atoms with Crippen molar-refractivity contribution in [3.63, 3.8) is 0 Å². The quantitative estimate of drug-likeness (QED) is 0.156. The Kier molecular flexibility index (Phi) is 9.24. The van der Waals surface area contributed by atoms with E-state index in [2.05, 4.69) is 68.8 Å². The number of hydrogen-bond acceptors (Lipinski definition) is 8. The highest BCUT2D eigenvalue weighted by Crippen LogP contribution is 2.41. The summed E-state index contributed by atoms with van der Waals surface area (Å²) in [5.41, 5.74) is 8.75. The van der Waals surface area contributed by atoms with E-state index in [-0.39, 0.29) is 29.9 Å². The van der Waals surface area contributed by atoms with Crippen LogP contribution in [0.3, 0.4) is 0 Å². The normalized spacial score (nSPS) is 21.5. The summed E-state index contributed by atoms with van der Waals surface area (Å²) >= 11 is 0. The van der Waals surface area contributed by atoms with E-state index < -0.39 is 18.2 Å². The Labute approximate surface area is 324 Å². The predicted molar refractivity (Wildman–Crippen MR) is 212 cm³/mol. The maximum Gasteiger partial charge on any atom is 0.407 e. The lowest BCUT2D eigenvalue weighted by Gasteiger charge is -2.37. The number of H-pyrrole nitrogens is 2. The van der Waals surface area contributed by atoms with E-state index in [9.17, 15) is 14.4 Å². The Morgan fingerprint density at radius 3 is 2.05 bits per heavy atom. The molecule has 3 aromatic carbocycles. The summed E-state index contributed by atoms with van der Waals surface area (Å²) in [4.78, 5) is 66.3. The molecule has 3 fully saturated rings. The SMILES string of the molecule is COC(=O)N[C@H]1CC[C@H]2CC[C@@H](c3nc4ccc(-c5ccc(-c6ccc7nc([C@@H]8CCCN8C(=O)C(c8cccnc8)N(C)C)[nH]c7c6)cc5)cc4[nH]3)N2C1=O. The second kappa shape index (κ2) is 14.5. The summed E-state index contributed by atoms with van der Waals surface area (Å²) in [6.45, 7) is 0.690. The molecule has 3 aliphatic rings. The molecular formula is C43H45N9O4. The highest BCUT2D eigenvalue weighted by atomic mass is 16.5. The van der Waals surface area contributed by atoms with Gasteiger partial charge in [-0.05, 0) is 111 Å². The summed E-state index contributed by atoms with van der Waals surface area (Å²) in [6.07, 6.45) is 7.86. The van der Waals surface area contributed by atoms with Gasteiger partial charge in [0.2, 0.25) is 11.8 Å². The van der Waals surface area contributed by atoms with Gasteiger partial charge in [0.25, 0.3) is 0 Å². The smallest absolute Gasteiger partial charge is 0.407 e. The Morgan fingerprint density at radius 2 is 1.45 bits per heavy atom. The molecule has 0 bridgehead atoms. The summed E-state index contributed by atoms with van der Waals surface area (Å²) < 4.78 is 4.75. The third kappa shape index (κ3) is 6.45. The van der Waals surface area contributed by atoms with Crippen LogP contribution >= 0.6 is 0 Å². The third-order valence-corrected chi connectivity index (χ3v) is 11.8. The lowest BCUT2D eigenvalue weighted by Crippen LogP contribution is -2.54. The molecule has 3 amide bonds. The number of ether oxygens (including phenoxy) is 1. The fourth-order valence-electron chi connectivity index (χ4n) is 9.03. The van der Waals surface area contributed by atoms with Gasteiger partial charge in [0.05, 0.1) is 41.3 Å². The standard InChI is InChI=1S/C43H45N9O4/c1-50(2)38(29-6-4-20-44-24-29)42(54)51-21-5-7-36(51)39-45-31-16-12-27(22-34(31)47-39)25-8-10-26(11-9-25)28-13-17-32-35(23-28)48-40(46-32)37-19-15-30-14-18-33(41(53)52(30)37)49-43(55)56-3/h4,6,8-13,16-17,20,22-24,30,33,36-38H,5,7,14-15,18-19,21H2,1-3H3,(H,45,47)(H,46,48)(H,49,55)/t30-,33-,36-,37-,38?/m0/s1.